The van der Waals surface area contributed by atoms with Gasteiger partial charge in [-0.15, -0.1) is 11.3 Å². The number of aryl methyl sites for hydroxylation is 1. The van der Waals surface area contributed by atoms with Crippen LogP contribution in [0.15, 0.2) is 76.3 Å². The van der Waals surface area contributed by atoms with E-state index in [0.29, 0.717) is 27.4 Å². The van der Waals surface area contributed by atoms with Gasteiger partial charge in [0.05, 0.1) is 36.2 Å². The van der Waals surface area contributed by atoms with E-state index in [1.165, 1.54) is 17.6 Å². The van der Waals surface area contributed by atoms with Crippen molar-refractivity contribution in [1.82, 2.24) is 20.1 Å². The van der Waals surface area contributed by atoms with Crippen LogP contribution >= 0.6 is 11.3 Å². The second kappa shape index (κ2) is 13.6. The summed E-state index contributed by atoms with van der Waals surface area (Å²) in [6.07, 6.45) is 4.40. The highest BCUT2D eigenvalue weighted by Gasteiger charge is 2.38. The highest BCUT2D eigenvalue weighted by Crippen LogP contribution is 2.38. The first-order chi connectivity index (χ1) is 22.3. The summed E-state index contributed by atoms with van der Waals surface area (Å²) < 4.78 is 25.7. The number of hydrogen-bond acceptors (Lipinski definition) is 10. The van der Waals surface area contributed by atoms with Crippen molar-refractivity contribution in [3.05, 3.63) is 99.7 Å². The normalized spacial score (nSPS) is 14.8. The fourth-order valence-electron chi connectivity index (χ4n) is 5.82. The Kier molecular flexibility index (Phi) is 9.34. The number of nitrogens with one attached hydrogen (secondary N) is 1. The molecule has 240 valence electrons. The lowest BCUT2D eigenvalue weighted by molar-refractivity contribution is -0.151. The molecule has 6 rings (SSSR count). The van der Waals surface area contributed by atoms with Crippen molar-refractivity contribution in [2.24, 2.45) is 0 Å². The zero-order valence-electron chi connectivity index (χ0n) is 26.4. The molecule has 1 atom stereocenters. The molecule has 2 aromatic carbocycles. The number of thiophene rings is 1. The topological polar surface area (TPSA) is 118 Å². The standard InChI is InChI=1S/C35H38N4O6S/c1-22-28-29(40)31(35(2,3)34(41)44-21-23-10-6-5-7-11-23)38-39(33(28)46-30(22)32-37-18-19-43-32)20-27(45-24-14-16-36-17-15-24)25-12-8-9-13-26(25)42-4/h5-13,18-19,24,27,36H,14-17,20-21H2,1-4H3. The number of methoxy groups -OCH3 is 1. The van der Waals surface area contributed by atoms with Gasteiger partial charge in [0.2, 0.25) is 11.3 Å². The zero-order chi connectivity index (χ0) is 32.3. The number of benzene rings is 2. The number of ether oxygens (including phenoxy) is 3. The lowest BCUT2D eigenvalue weighted by Gasteiger charge is -2.30. The summed E-state index contributed by atoms with van der Waals surface area (Å²) >= 11 is 1.38. The first kappa shape index (κ1) is 31.7. The van der Waals surface area contributed by atoms with E-state index in [9.17, 15) is 9.59 Å². The Hall–Kier alpha value is -4.32. The number of oxazole rings is 1. The number of fused-ring (bicyclic) bond motifs is 1. The molecule has 1 fully saturated rings. The summed E-state index contributed by atoms with van der Waals surface area (Å²) in [5.41, 5.74) is 0.861. The smallest absolute Gasteiger partial charge is 0.318 e. The molecule has 11 heteroatoms. The average Bonchev–Trinajstić information content (AvgIpc) is 3.74. The van der Waals surface area contributed by atoms with Gasteiger partial charge >= 0.3 is 5.97 Å². The van der Waals surface area contributed by atoms with Crippen LogP contribution in [0.3, 0.4) is 0 Å². The monoisotopic (exact) mass is 642 g/mol. The van der Waals surface area contributed by atoms with Crippen molar-refractivity contribution in [2.45, 2.75) is 64.4 Å². The van der Waals surface area contributed by atoms with Gasteiger partial charge in [-0.25, -0.2) is 4.98 Å². The Morgan fingerprint density at radius 3 is 2.59 bits per heavy atom. The van der Waals surface area contributed by atoms with E-state index in [-0.39, 0.29) is 30.4 Å². The van der Waals surface area contributed by atoms with Gasteiger partial charge in [-0.3, -0.25) is 14.3 Å². The maximum Gasteiger partial charge on any atom is 0.318 e. The van der Waals surface area contributed by atoms with Crippen molar-refractivity contribution in [2.75, 3.05) is 20.2 Å². The Morgan fingerprint density at radius 1 is 1.13 bits per heavy atom. The van der Waals surface area contributed by atoms with Crippen LogP contribution in [0, 0.1) is 6.92 Å². The Balaban J connectivity index is 1.47. The molecular weight excluding hydrogens is 604 g/mol. The summed E-state index contributed by atoms with van der Waals surface area (Å²) in [5, 5.41) is 8.79. The molecule has 0 spiro atoms. The second-order valence-electron chi connectivity index (χ2n) is 11.9. The van der Waals surface area contributed by atoms with Gasteiger partial charge in [0, 0.05) is 5.56 Å². The van der Waals surface area contributed by atoms with Gasteiger partial charge in [-0.1, -0.05) is 48.5 Å². The predicted molar refractivity (Wildman–Crippen MR) is 176 cm³/mol. The molecule has 1 unspecified atom stereocenters. The molecule has 0 saturated carbocycles. The van der Waals surface area contributed by atoms with E-state index < -0.39 is 17.5 Å². The molecule has 0 bridgehead atoms. The van der Waals surface area contributed by atoms with Crippen LogP contribution in [-0.2, 0) is 32.8 Å². The third-order valence-electron chi connectivity index (χ3n) is 8.43. The number of esters is 1. The molecule has 1 aliphatic heterocycles. The first-order valence-electron chi connectivity index (χ1n) is 15.4. The minimum absolute atomic E-state index is 0.0304. The van der Waals surface area contributed by atoms with Crippen LogP contribution in [0.1, 0.15) is 55.2 Å². The molecule has 0 amide bonds. The third-order valence-corrected chi connectivity index (χ3v) is 9.73. The summed E-state index contributed by atoms with van der Waals surface area (Å²) in [6, 6.07) is 17.2. The molecule has 0 radical (unpaired) electrons. The van der Waals surface area contributed by atoms with Gasteiger partial charge in [-0.05, 0) is 63.9 Å². The van der Waals surface area contributed by atoms with E-state index in [2.05, 4.69) is 10.3 Å². The molecule has 1 N–H and O–H groups in total. The Bertz CT molecular complexity index is 1860. The number of carbonyl (C=O) groups excluding carboxylic acids is 1. The minimum atomic E-state index is -1.35. The number of para-hydroxylation sites is 1. The second-order valence-corrected chi connectivity index (χ2v) is 12.9. The van der Waals surface area contributed by atoms with Crippen molar-refractivity contribution in [3.63, 3.8) is 0 Å². The van der Waals surface area contributed by atoms with Crippen molar-refractivity contribution >= 4 is 27.5 Å². The van der Waals surface area contributed by atoms with Crippen molar-refractivity contribution < 1.29 is 23.4 Å². The fraction of sp³-hybridized carbons (Fsp3) is 0.371. The van der Waals surface area contributed by atoms with Gasteiger partial charge in [0.15, 0.2) is 0 Å². The minimum Gasteiger partial charge on any atom is -0.496 e. The van der Waals surface area contributed by atoms with Crippen LogP contribution in [-0.4, -0.2) is 47.0 Å². The largest absolute Gasteiger partial charge is 0.496 e. The van der Waals surface area contributed by atoms with Crippen LogP contribution in [0.2, 0.25) is 0 Å². The number of carbonyl (C=O) groups is 1. The van der Waals surface area contributed by atoms with Gasteiger partial charge in [-0.2, -0.15) is 5.10 Å². The number of piperidine rings is 1. The fourth-order valence-corrected chi connectivity index (χ4v) is 7.02. The Morgan fingerprint density at radius 2 is 1.87 bits per heavy atom. The predicted octanol–water partition coefficient (Wildman–Crippen LogP) is 5.96. The van der Waals surface area contributed by atoms with Crippen molar-refractivity contribution in [3.8, 4) is 16.5 Å². The summed E-state index contributed by atoms with van der Waals surface area (Å²) in [5.74, 6) is 0.575. The van der Waals surface area contributed by atoms with E-state index in [1.54, 1.807) is 31.8 Å². The molecule has 5 aromatic rings. The number of aromatic nitrogens is 3. The highest BCUT2D eigenvalue weighted by molar-refractivity contribution is 7.22. The molecule has 4 heterocycles. The van der Waals surface area contributed by atoms with Gasteiger partial charge in [0.1, 0.15) is 40.7 Å². The molecule has 46 heavy (non-hydrogen) atoms. The molecule has 1 saturated heterocycles. The molecule has 3 aromatic heterocycles. The lowest BCUT2D eigenvalue weighted by Crippen LogP contribution is -2.39. The number of nitrogens with zero attached hydrogens (tertiary/aromatic N) is 3. The quantitative estimate of drug-likeness (QED) is 0.174. The van der Waals surface area contributed by atoms with Crippen LogP contribution < -0.4 is 15.5 Å². The Labute approximate surface area is 271 Å². The summed E-state index contributed by atoms with van der Waals surface area (Å²) in [4.78, 5) is 33.6. The van der Waals surface area contributed by atoms with E-state index >= 15 is 0 Å². The van der Waals surface area contributed by atoms with Crippen molar-refractivity contribution in [1.29, 1.82) is 0 Å². The van der Waals surface area contributed by atoms with Crippen LogP contribution in [0.25, 0.3) is 21.0 Å². The van der Waals surface area contributed by atoms with E-state index in [0.717, 1.165) is 41.9 Å². The first-order valence-corrected chi connectivity index (χ1v) is 16.2. The maximum atomic E-state index is 14.3. The number of hydrogen-bond donors (Lipinski definition) is 1. The summed E-state index contributed by atoms with van der Waals surface area (Å²) in [6.45, 7) is 7.34. The maximum absolute atomic E-state index is 14.3. The third kappa shape index (κ3) is 6.35. The van der Waals surface area contributed by atoms with Crippen LogP contribution in [0.4, 0.5) is 0 Å². The zero-order valence-corrected chi connectivity index (χ0v) is 27.3. The molecule has 1 aliphatic rings. The van der Waals surface area contributed by atoms with E-state index in [1.807, 2.05) is 61.5 Å². The molecule has 0 aliphatic carbocycles. The molecule has 10 nitrogen and oxygen atoms in total. The average molecular weight is 643 g/mol. The lowest BCUT2D eigenvalue weighted by atomic mass is 9.88. The SMILES string of the molecule is COc1ccccc1C(Cn1nc(C(C)(C)C(=O)OCc2ccccc2)c(=O)c2c(C)c(-c3ncco3)sc21)OC1CCNCC1. The van der Waals surface area contributed by atoms with E-state index in [4.69, 9.17) is 23.7 Å². The highest BCUT2D eigenvalue weighted by atomic mass is 32.1. The summed E-state index contributed by atoms with van der Waals surface area (Å²) in [7, 11) is 1.64. The molecular formula is C35H38N4O6S. The van der Waals surface area contributed by atoms with Crippen LogP contribution in [0.5, 0.6) is 5.75 Å². The van der Waals surface area contributed by atoms with Gasteiger partial charge < -0.3 is 23.9 Å². The van der Waals surface area contributed by atoms with Gasteiger partial charge in [0.25, 0.3) is 0 Å². The number of rotatable bonds is 11.